The number of aryl methyl sites for hydroxylation is 1. The van der Waals surface area contributed by atoms with E-state index in [2.05, 4.69) is 43.4 Å². The molecule has 0 bridgehead atoms. The fourth-order valence-electron chi connectivity index (χ4n) is 3.45. The summed E-state index contributed by atoms with van der Waals surface area (Å²) in [5.74, 6) is 0.463. The summed E-state index contributed by atoms with van der Waals surface area (Å²) in [5, 5.41) is 12.0. The van der Waals surface area contributed by atoms with E-state index in [4.69, 9.17) is 5.11 Å². The zero-order valence-corrected chi connectivity index (χ0v) is 14.6. The zero-order valence-electron chi connectivity index (χ0n) is 14.6. The van der Waals surface area contributed by atoms with Crippen LogP contribution in [0.4, 0.5) is 4.79 Å². The normalized spacial score (nSPS) is 22.7. The molecule has 1 aliphatic rings. The number of likely N-dealkylation sites (tertiary alicyclic amines) is 1. The number of carbonyl (C=O) groups is 1. The van der Waals surface area contributed by atoms with Crippen LogP contribution >= 0.6 is 0 Å². The van der Waals surface area contributed by atoms with E-state index in [1.165, 1.54) is 11.1 Å². The smallest absolute Gasteiger partial charge is 0.318 e. The summed E-state index contributed by atoms with van der Waals surface area (Å²) in [6.45, 7) is 7.30. The monoisotopic (exact) mass is 318 g/mol. The number of carbonyl (C=O) groups excluding carboxylic acids is 1. The van der Waals surface area contributed by atoms with E-state index in [0.717, 1.165) is 32.2 Å². The molecular weight excluding hydrogens is 288 g/mol. The van der Waals surface area contributed by atoms with Crippen molar-refractivity contribution in [1.82, 2.24) is 10.2 Å². The van der Waals surface area contributed by atoms with Gasteiger partial charge < -0.3 is 15.3 Å². The molecule has 23 heavy (non-hydrogen) atoms. The van der Waals surface area contributed by atoms with Gasteiger partial charge in [0.15, 0.2) is 0 Å². The number of nitrogens with zero attached hydrogens (tertiary/aromatic N) is 1. The number of aliphatic hydroxyl groups excluding tert-OH is 1. The van der Waals surface area contributed by atoms with Crippen molar-refractivity contribution >= 4 is 6.03 Å². The maximum Gasteiger partial charge on any atom is 0.318 e. The molecule has 0 aromatic heterocycles. The van der Waals surface area contributed by atoms with Crippen LogP contribution in [0.3, 0.4) is 0 Å². The topological polar surface area (TPSA) is 52.6 Å². The second kappa shape index (κ2) is 8.34. The standard InChI is InChI=1S/C19H30N2O2/c1-14-8-10-17(11-9-14)18-15(2)6-4-12-21(18)19(23)20-16(3)7-5-13-22/h8-11,15-16,18,22H,4-7,12-13H2,1-3H3,(H,20,23). The molecule has 1 aliphatic heterocycles. The van der Waals surface area contributed by atoms with Gasteiger partial charge in [0.1, 0.15) is 0 Å². The molecule has 1 aromatic rings. The van der Waals surface area contributed by atoms with Gasteiger partial charge in [-0.15, -0.1) is 0 Å². The highest BCUT2D eigenvalue weighted by atomic mass is 16.3. The number of hydrogen-bond acceptors (Lipinski definition) is 2. The fourth-order valence-corrected chi connectivity index (χ4v) is 3.45. The van der Waals surface area contributed by atoms with Crippen LogP contribution in [0, 0.1) is 12.8 Å². The molecule has 0 spiro atoms. The quantitative estimate of drug-likeness (QED) is 0.871. The predicted octanol–water partition coefficient (Wildman–Crippen LogP) is 3.64. The molecule has 0 saturated carbocycles. The highest BCUT2D eigenvalue weighted by Crippen LogP contribution is 2.35. The number of nitrogens with one attached hydrogen (secondary N) is 1. The van der Waals surface area contributed by atoms with Crippen LogP contribution in [0.1, 0.15) is 56.7 Å². The van der Waals surface area contributed by atoms with Crippen molar-refractivity contribution in [2.45, 2.75) is 58.5 Å². The minimum atomic E-state index is 0.0209. The van der Waals surface area contributed by atoms with Crippen LogP contribution < -0.4 is 5.32 Å². The van der Waals surface area contributed by atoms with E-state index in [-0.39, 0.29) is 24.7 Å². The van der Waals surface area contributed by atoms with E-state index < -0.39 is 0 Å². The second-order valence-electron chi connectivity index (χ2n) is 6.88. The van der Waals surface area contributed by atoms with Gasteiger partial charge >= 0.3 is 6.03 Å². The van der Waals surface area contributed by atoms with E-state index in [9.17, 15) is 4.79 Å². The van der Waals surface area contributed by atoms with Crippen molar-refractivity contribution in [3.05, 3.63) is 35.4 Å². The van der Waals surface area contributed by atoms with Gasteiger partial charge in [-0.25, -0.2) is 4.79 Å². The molecule has 1 saturated heterocycles. The summed E-state index contributed by atoms with van der Waals surface area (Å²) in [6.07, 6.45) is 3.74. The third-order valence-corrected chi connectivity index (χ3v) is 4.78. The Hall–Kier alpha value is -1.55. The minimum absolute atomic E-state index is 0.0209. The van der Waals surface area contributed by atoms with Gasteiger partial charge in [-0.2, -0.15) is 0 Å². The van der Waals surface area contributed by atoms with E-state index in [0.29, 0.717) is 5.92 Å². The van der Waals surface area contributed by atoms with Crippen molar-refractivity contribution in [3.8, 4) is 0 Å². The molecule has 3 atom stereocenters. The highest BCUT2D eigenvalue weighted by molar-refractivity contribution is 5.75. The largest absolute Gasteiger partial charge is 0.396 e. The van der Waals surface area contributed by atoms with E-state index in [1.807, 2.05) is 11.8 Å². The Bertz CT molecular complexity index is 501. The number of aliphatic hydroxyl groups is 1. The van der Waals surface area contributed by atoms with E-state index in [1.54, 1.807) is 0 Å². The van der Waals surface area contributed by atoms with Gasteiger partial charge in [-0.1, -0.05) is 36.8 Å². The molecule has 128 valence electrons. The van der Waals surface area contributed by atoms with Gasteiger partial charge in [0, 0.05) is 19.2 Å². The van der Waals surface area contributed by atoms with Crippen molar-refractivity contribution < 1.29 is 9.90 Å². The molecule has 1 fully saturated rings. The summed E-state index contributed by atoms with van der Waals surface area (Å²) in [5.41, 5.74) is 2.46. The lowest BCUT2D eigenvalue weighted by Gasteiger charge is -2.40. The Morgan fingerprint density at radius 1 is 1.39 bits per heavy atom. The molecule has 2 amide bonds. The zero-order chi connectivity index (χ0) is 16.8. The Balaban J connectivity index is 2.10. The van der Waals surface area contributed by atoms with Crippen LogP contribution in [-0.2, 0) is 0 Å². The average molecular weight is 318 g/mol. The van der Waals surface area contributed by atoms with Crippen LogP contribution in [0.2, 0.25) is 0 Å². The Morgan fingerprint density at radius 3 is 2.74 bits per heavy atom. The van der Waals surface area contributed by atoms with Gasteiger partial charge in [-0.05, 0) is 51.0 Å². The summed E-state index contributed by atoms with van der Waals surface area (Å²) in [6, 6.07) is 8.80. The Kier molecular flexibility index (Phi) is 6.46. The van der Waals surface area contributed by atoms with Gasteiger partial charge in [0.2, 0.25) is 0 Å². The SMILES string of the molecule is Cc1ccc(C2C(C)CCCN2C(=O)NC(C)CCCO)cc1. The maximum atomic E-state index is 12.7. The molecule has 0 radical (unpaired) electrons. The molecule has 3 unspecified atom stereocenters. The lowest BCUT2D eigenvalue weighted by Crippen LogP contribution is -2.49. The van der Waals surface area contributed by atoms with Gasteiger partial charge in [0.05, 0.1) is 6.04 Å². The summed E-state index contributed by atoms with van der Waals surface area (Å²) < 4.78 is 0. The minimum Gasteiger partial charge on any atom is -0.396 e. The number of hydrogen-bond donors (Lipinski definition) is 2. The molecule has 2 N–H and O–H groups in total. The Morgan fingerprint density at radius 2 is 2.09 bits per heavy atom. The molecule has 4 heteroatoms. The first-order valence-corrected chi connectivity index (χ1v) is 8.77. The number of benzene rings is 1. The van der Waals surface area contributed by atoms with Crippen molar-refractivity contribution in [2.75, 3.05) is 13.2 Å². The first-order valence-electron chi connectivity index (χ1n) is 8.77. The lowest BCUT2D eigenvalue weighted by atomic mass is 9.86. The number of piperidine rings is 1. The molecule has 1 aromatic carbocycles. The average Bonchev–Trinajstić information content (AvgIpc) is 2.53. The third-order valence-electron chi connectivity index (χ3n) is 4.78. The summed E-state index contributed by atoms with van der Waals surface area (Å²) >= 11 is 0. The highest BCUT2D eigenvalue weighted by Gasteiger charge is 2.33. The van der Waals surface area contributed by atoms with Crippen LogP contribution in [0.25, 0.3) is 0 Å². The maximum absolute atomic E-state index is 12.7. The Labute approximate surface area is 139 Å². The lowest BCUT2D eigenvalue weighted by molar-refractivity contribution is 0.117. The van der Waals surface area contributed by atoms with Gasteiger partial charge in [0.25, 0.3) is 0 Å². The molecule has 1 heterocycles. The molecule has 4 nitrogen and oxygen atoms in total. The van der Waals surface area contributed by atoms with Crippen LogP contribution in [0.5, 0.6) is 0 Å². The second-order valence-corrected chi connectivity index (χ2v) is 6.88. The van der Waals surface area contributed by atoms with Gasteiger partial charge in [-0.3, -0.25) is 0 Å². The van der Waals surface area contributed by atoms with Crippen molar-refractivity contribution in [1.29, 1.82) is 0 Å². The summed E-state index contributed by atoms with van der Waals surface area (Å²) in [7, 11) is 0. The molecular formula is C19H30N2O2. The molecule has 2 rings (SSSR count). The first kappa shape index (κ1) is 17.8. The predicted molar refractivity (Wildman–Crippen MR) is 93.3 cm³/mol. The number of amides is 2. The van der Waals surface area contributed by atoms with Crippen molar-refractivity contribution in [3.63, 3.8) is 0 Å². The van der Waals surface area contributed by atoms with E-state index >= 15 is 0 Å². The van der Waals surface area contributed by atoms with Crippen LogP contribution in [-0.4, -0.2) is 35.2 Å². The van der Waals surface area contributed by atoms with Crippen molar-refractivity contribution in [2.24, 2.45) is 5.92 Å². The third kappa shape index (κ3) is 4.71. The summed E-state index contributed by atoms with van der Waals surface area (Å²) in [4.78, 5) is 14.7. The molecule has 0 aliphatic carbocycles. The number of rotatable bonds is 5. The number of urea groups is 1. The fraction of sp³-hybridized carbons (Fsp3) is 0.632. The van der Waals surface area contributed by atoms with Crippen LogP contribution in [0.15, 0.2) is 24.3 Å². The first-order chi connectivity index (χ1) is 11.0.